The van der Waals surface area contributed by atoms with Crippen LogP contribution >= 0.6 is 0 Å². The predicted octanol–water partition coefficient (Wildman–Crippen LogP) is 3.02. The molecule has 0 unspecified atom stereocenters. The molecular weight excluding hydrogens is 296 g/mol. The van der Waals surface area contributed by atoms with Crippen molar-refractivity contribution < 1.29 is 14.5 Å². The minimum atomic E-state index is -0.442. The molecule has 1 aromatic carbocycles. The van der Waals surface area contributed by atoms with Gasteiger partial charge in [0.05, 0.1) is 10.5 Å². The molecular formula is C17H22N2O4. The summed E-state index contributed by atoms with van der Waals surface area (Å²) >= 11 is 0. The molecule has 0 bridgehead atoms. The molecule has 0 aliphatic carbocycles. The topological polar surface area (TPSA) is 72.7 Å². The lowest BCUT2D eigenvalue weighted by molar-refractivity contribution is -0.385. The van der Waals surface area contributed by atoms with Crippen LogP contribution in [0, 0.1) is 10.1 Å². The van der Waals surface area contributed by atoms with Gasteiger partial charge in [-0.2, -0.15) is 0 Å². The molecule has 0 aromatic heterocycles. The number of rotatable bonds is 5. The van der Waals surface area contributed by atoms with E-state index in [1.165, 1.54) is 18.2 Å². The van der Waals surface area contributed by atoms with Crippen LogP contribution in [0.5, 0.6) is 0 Å². The van der Waals surface area contributed by atoms with E-state index < -0.39 is 4.92 Å². The van der Waals surface area contributed by atoms with Crippen molar-refractivity contribution in [2.45, 2.75) is 38.8 Å². The summed E-state index contributed by atoms with van der Waals surface area (Å²) in [6.07, 6.45) is 4.60. The SMILES string of the molecule is CC(C)N(C(=O)C=Cc1ccccc1[N+](=O)[O-])C1CCOCC1. The van der Waals surface area contributed by atoms with E-state index in [-0.39, 0.29) is 23.7 Å². The van der Waals surface area contributed by atoms with E-state index in [1.807, 2.05) is 18.7 Å². The van der Waals surface area contributed by atoms with E-state index in [0.29, 0.717) is 18.8 Å². The standard InChI is InChI=1S/C17H22N2O4/c1-13(2)18(15-9-11-23-12-10-15)17(20)8-7-14-5-3-4-6-16(14)19(21)22/h3-8,13,15H,9-12H2,1-2H3. The minimum absolute atomic E-state index is 0.00119. The Labute approximate surface area is 135 Å². The summed E-state index contributed by atoms with van der Waals surface area (Å²) in [6, 6.07) is 6.63. The lowest BCUT2D eigenvalue weighted by Gasteiger charge is -2.36. The van der Waals surface area contributed by atoms with Crippen LogP contribution in [0.3, 0.4) is 0 Å². The second-order valence-corrected chi connectivity index (χ2v) is 5.83. The Morgan fingerprint density at radius 1 is 1.35 bits per heavy atom. The highest BCUT2D eigenvalue weighted by Crippen LogP contribution is 2.21. The first-order valence-corrected chi connectivity index (χ1v) is 7.82. The fraction of sp³-hybridized carbons (Fsp3) is 0.471. The van der Waals surface area contributed by atoms with Gasteiger partial charge in [-0.15, -0.1) is 0 Å². The monoisotopic (exact) mass is 318 g/mol. The Hall–Kier alpha value is -2.21. The van der Waals surface area contributed by atoms with Gasteiger partial charge in [0.25, 0.3) is 5.69 Å². The molecule has 0 spiro atoms. The quantitative estimate of drug-likeness (QED) is 0.475. The van der Waals surface area contributed by atoms with Gasteiger partial charge in [-0.3, -0.25) is 14.9 Å². The van der Waals surface area contributed by atoms with Gasteiger partial charge in [-0.05, 0) is 38.8 Å². The lowest BCUT2D eigenvalue weighted by atomic mass is 10.0. The molecule has 124 valence electrons. The summed E-state index contributed by atoms with van der Waals surface area (Å²) in [6.45, 7) is 5.28. The van der Waals surface area contributed by atoms with Gasteiger partial charge in [0.2, 0.25) is 5.91 Å². The van der Waals surface area contributed by atoms with Crippen LogP contribution in [0.15, 0.2) is 30.3 Å². The first-order chi connectivity index (χ1) is 11.0. The number of nitro benzene ring substituents is 1. The van der Waals surface area contributed by atoms with Crippen LogP contribution in [0.1, 0.15) is 32.3 Å². The number of hydrogen-bond donors (Lipinski definition) is 0. The minimum Gasteiger partial charge on any atom is -0.381 e. The summed E-state index contributed by atoms with van der Waals surface area (Å²) in [5.74, 6) is -0.120. The zero-order valence-corrected chi connectivity index (χ0v) is 13.5. The van der Waals surface area contributed by atoms with Crippen LogP contribution < -0.4 is 0 Å². The predicted molar refractivity (Wildman–Crippen MR) is 88.0 cm³/mol. The van der Waals surface area contributed by atoms with Crippen LogP contribution in [-0.4, -0.2) is 41.0 Å². The summed E-state index contributed by atoms with van der Waals surface area (Å²) in [5.41, 5.74) is 0.431. The van der Waals surface area contributed by atoms with Gasteiger partial charge >= 0.3 is 0 Å². The van der Waals surface area contributed by atoms with Gasteiger partial charge in [0, 0.05) is 37.4 Å². The molecule has 1 aromatic rings. The molecule has 1 saturated heterocycles. The highest BCUT2D eigenvalue weighted by atomic mass is 16.6. The van der Waals surface area contributed by atoms with Crippen molar-refractivity contribution in [2.24, 2.45) is 0 Å². The molecule has 0 saturated carbocycles. The number of para-hydroxylation sites is 1. The smallest absolute Gasteiger partial charge is 0.276 e. The Balaban J connectivity index is 2.16. The maximum atomic E-state index is 12.6. The van der Waals surface area contributed by atoms with E-state index in [0.717, 1.165) is 12.8 Å². The van der Waals surface area contributed by atoms with Gasteiger partial charge in [-0.1, -0.05) is 12.1 Å². The van der Waals surface area contributed by atoms with Crippen molar-refractivity contribution >= 4 is 17.7 Å². The third kappa shape index (κ3) is 4.39. The van der Waals surface area contributed by atoms with Crippen LogP contribution in [0.25, 0.3) is 6.08 Å². The van der Waals surface area contributed by atoms with Gasteiger partial charge in [-0.25, -0.2) is 0 Å². The molecule has 6 nitrogen and oxygen atoms in total. The van der Waals surface area contributed by atoms with Crippen molar-refractivity contribution in [1.29, 1.82) is 0 Å². The molecule has 0 N–H and O–H groups in total. The summed E-state index contributed by atoms with van der Waals surface area (Å²) < 4.78 is 5.35. The molecule has 1 amide bonds. The van der Waals surface area contributed by atoms with Crippen molar-refractivity contribution in [3.05, 3.63) is 46.0 Å². The normalized spacial score (nSPS) is 16.0. The van der Waals surface area contributed by atoms with Crippen molar-refractivity contribution in [2.75, 3.05) is 13.2 Å². The van der Waals surface area contributed by atoms with E-state index >= 15 is 0 Å². The maximum Gasteiger partial charge on any atom is 0.276 e. The third-order valence-corrected chi connectivity index (χ3v) is 3.93. The fourth-order valence-electron chi connectivity index (χ4n) is 2.86. The van der Waals surface area contributed by atoms with Gasteiger partial charge in [0.1, 0.15) is 0 Å². The molecule has 23 heavy (non-hydrogen) atoms. The number of hydrogen-bond acceptors (Lipinski definition) is 4. The molecule has 0 atom stereocenters. The zero-order chi connectivity index (χ0) is 16.8. The van der Waals surface area contributed by atoms with Gasteiger partial charge in [0.15, 0.2) is 0 Å². The number of carbonyl (C=O) groups excluding carboxylic acids is 1. The first-order valence-electron chi connectivity index (χ1n) is 7.82. The van der Waals surface area contributed by atoms with Crippen LogP contribution in [0.4, 0.5) is 5.69 Å². The van der Waals surface area contributed by atoms with E-state index in [9.17, 15) is 14.9 Å². The molecule has 2 rings (SSSR count). The number of benzene rings is 1. The van der Waals surface area contributed by atoms with E-state index in [1.54, 1.807) is 18.2 Å². The number of carbonyl (C=O) groups is 1. The lowest BCUT2D eigenvalue weighted by Crippen LogP contribution is -2.46. The summed E-state index contributed by atoms with van der Waals surface area (Å²) in [4.78, 5) is 25.0. The molecule has 0 radical (unpaired) electrons. The first kappa shape index (κ1) is 17.1. The molecule has 6 heteroatoms. The van der Waals surface area contributed by atoms with Crippen LogP contribution in [0.2, 0.25) is 0 Å². The Morgan fingerprint density at radius 2 is 2.00 bits per heavy atom. The third-order valence-electron chi connectivity index (χ3n) is 3.93. The van der Waals surface area contributed by atoms with E-state index in [4.69, 9.17) is 4.74 Å². The highest BCUT2D eigenvalue weighted by molar-refractivity contribution is 5.92. The molecule has 1 heterocycles. The van der Waals surface area contributed by atoms with Crippen molar-refractivity contribution in [1.82, 2.24) is 4.90 Å². The van der Waals surface area contributed by atoms with Crippen molar-refractivity contribution in [3.63, 3.8) is 0 Å². The molecule has 1 aliphatic rings. The average molecular weight is 318 g/mol. The summed E-state index contributed by atoms with van der Waals surface area (Å²) in [7, 11) is 0. The Kier molecular flexibility index (Phi) is 5.87. The largest absolute Gasteiger partial charge is 0.381 e. The highest BCUT2D eigenvalue weighted by Gasteiger charge is 2.26. The molecule has 1 aliphatic heterocycles. The maximum absolute atomic E-state index is 12.6. The zero-order valence-electron chi connectivity index (χ0n) is 13.5. The Bertz CT molecular complexity index is 592. The summed E-state index contributed by atoms with van der Waals surface area (Å²) in [5, 5.41) is 11.0. The second kappa shape index (κ2) is 7.87. The number of nitrogens with zero attached hydrogens (tertiary/aromatic N) is 2. The molecule has 1 fully saturated rings. The average Bonchev–Trinajstić information content (AvgIpc) is 2.54. The Morgan fingerprint density at radius 3 is 2.61 bits per heavy atom. The van der Waals surface area contributed by atoms with Crippen LogP contribution in [-0.2, 0) is 9.53 Å². The number of amides is 1. The van der Waals surface area contributed by atoms with E-state index in [2.05, 4.69) is 0 Å². The number of nitro groups is 1. The second-order valence-electron chi connectivity index (χ2n) is 5.83. The van der Waals surface area contributed by atoms with Gasteiger partial charge < -0.3 is 9.64 Å². The number of ether oxygens (including phenoxy) is 1. The fourth-order valence-corrected chi connectivity index (χ4v) is 2.86. The van der Waals surface area contributed by atoms with Crippen molar-refractivity contribution in [3.8, 4) is 0 Å².